The van der Waals surface area contributed by atoms with Crippen molar-refractivity contribution in [2.45, 2.75) is 57.8 Å². The highest BCUT2D eigenvalue weighted by molar-refractivity contribution is 5.53. The summed E-state index contributed by atoms with van der Waals surface area (Å²) in [5, 5.41) is 13.4. The molecule has 1 aromatic rings. The lowest BCUT2D eigenvalue weighted by atomic mass is 9.54. The molecule has 4 rings (SSSR count). The normalized spacial score (nSPS) is 31.0. The number of aliphatic hydroxyl groups excluding tert-OH is 1. The fourth-order valence-electron chi connectivity index (χ4n) is 5.17. The minimum atomic E-state index is 0.00975. The third-order valence-electron chi connectivity index (χ3n) is 6.14. The fourth-order valence-corrected chi connectivity index (χ4v) is 5.17. The first kappa shape index (κ1) is 15.3. The lowest BCUT2D eigenvalue weighted by molar-refractivity contribution is -0.111. The minimum absolute atomic E-state index is 0.00975. The van der Waals surface area contributed by atoms with Crippen LogP contribution in [0, 0.1) is 11.3 Å². The molecular formula is C19H27NO3. The number of aliphatic hydroxyl groups is 1. The predicted molar refractivity (Wildman–Crippen MR) is 89.7 cm³/mol. The maximum absolute atomic E-state index is 9.60. The van der Waals surface area contributed by atoms with Gasteiger partial charge in [0.2, 0.25) is 0 Å². The Balaban J connectivity index is 1.55. The molecule has 126 valence electrons. The SMILES string of the molecule is CCOc1ccc(NC2C3CCOC3C23CCCC3)cc1CO. The first-order valence-electron chi connectivity index (χ1n) is 9.03. The van der Waals surface area contributed by atoms with E-state index in [1.165, 1.54) is 32.1 Å². The van der Waals surface area contributed by atoms with Gasteiger partial charge in [-0.05, 0) is 44.4 Å². The maximum atomic E-state index is 9.60. The van der Waals surface area contributed by atoms with E-state index in [0.29, 0.717) is 30.1 Å². The lowest BCUT2D eigenvalue weighted by Crippen LogP contribution is -2.64. The standard InChI is InChI=1S/C19H27NO3/c1-2-22-16-6-5-14(11-13(16)12-21)20-17-15-7-10-23-18(15)19(17)8-3-4-9-19/h5-6,11,15,17-18,20-21H,2-4,7-10,12H2,1H3. The molecule has 3 atom stereocenters. The fraction of sp³-hybridized carbons (Fsp3) is 0.684. The number of hydrogen-bond donors (Lipinski definition) is 2. The predicted octanol–water partition coefficient (Wildman–Crippen LogP) is 3.34. The molecule has 2 aliphatic carbocycles. The van der Waals surface area contributed by atoms with Gasteiger partial charge in [-0.1, -0.05) is 12.8 Å². The minimum Gasteiger partial charge on any atom is -0.494 e. The summed E-state index contributed by atoms with van der Waals surface area (Å²) in [4.78, 5) is 0. The molecule has 1 aliphatic heterocycles. The second-order valence-electron chi connectivity index (χ2n) is 7.22. The van der Waals surface area contributed by atoms with E-state index in [2.05, 4.69) is 11.4 Å². The van der Waals surface area contributed by atoms with Crippen molar-refractivity contribution in [1.29, 1.82) is 0 Å². The van der Waals surface area contributed by atoms with Crippen molar-refractivity contribution in [1.82, 2.24) is 0 Å². The van der Waals surface area contributed by atoms with Gasteiger partial charge in [0.05, 0.1) is 19.3 Å². The van der Waals surface area contributed by atoms with Crippen LogP contribution >= 0.6 is 0 Å². The highest BCUT2D eigenvalue weighted by atomic mass is 16.5. The molecule has 1 spiro atoms. The van der Waals surface area contributed by atoms with Gasteiger partial charge in [-0.3, -0.25) is 0 Å². The average Bonchev–Trinajstić information content (AvgIpc) is 3.22. The summed E-state index contributed by atoms with van der Waals surface area (Å²) < 4.78 is 11.6. The summed E-state index contributed by atoms with van der Waals surface area (Å²) in [5.74, 6) is 1.43. The zero-order chi connectivity index (χ0) is 15.9. The van der Waals surface area contributed by atoms with Crippen molar-refractivity contribution in [3.8, 4) is 5.75 Å². The largest absolute Gasteiger partial charge is 0.494 e. The van der Waals surface area contributed by atoms with Gasteiger partial charge in [0, 0.05) is 35.2 Å². The van der Waals surface area contributed by atoms with Gasteiger partial charge in [-0.15, -0.1) is 0 Å². The molecule has 0 aromatic heterocycles. The van der Waals surface area contributed by atoms with E-state index >= 15 is 0 Å². The van der Waals surface area contributed by atoms with Crippen LogP contribution in [0.5, 0.6) is 5.75 Å². The van der Waals surface area contributed by atoms with Crippen LogP contribution in [-0.2, 0) is 11.3 Å². The average molecular weight is 317 g/mol. The van der Waals surface area contributed by atoms with Gasteiger partial charge in [-0.2, -0.15) is 0 Å². The molecule has 3 unspecified atom stereocenters. The summed E-state index contributed by atoms with van der Waals surface area (Å²) in [6, 6.07) is 6.61. The topological polar surface area (TPSA) is 50.7 Å². The van der Waals surface area contributed by atoms with Crippen molar-refractivity contribution >= 4 is 5.69 Å². The number of rotatable bonds is 5. The van der Waals surface area contributed by atoms with E-state index in [0.717, 1.165) is 23.6 Å². The third-order valence-corrected chi connectivity index (χ3v) is 6.14. The quantitative estimate of drug-likeness (QED) is 0.874. The first-order valence-corrected chi connectivity index (χ1v) is 9.03. The first-order chi connectivity index (χ1) is 11.3. The molecule has 1 aromatic carbocycles. The van der Waals surface area contributed by atoms with Gasteiger partial charge in [0.25, 0.3) is 0 Å². The molecule has 4 nitrogen and oxygen atoms in total. The molecule has 0 bridgehead atoms. The Hall–Kier alpha value is -1.26. The van der Waals surface area contributed by atoms with Gasteiger partial charge in [0.15, 0.2) is 0 Å². The van der Waals surface area contributed by atoms with E-state index in [4.69, 9.17) is 9.47 Å². The Labute approximate surface area is 138 Å². The summed E-state index contributed by atoms with van der Waals surface area (Å²) >= 11 is 0. The van der Waals surface area contributed by atoms with Crippen LogP contribution in [0.4, 0.5) is 5.69 Å². The van der Waals surface area contributed by atoms with Crippen LogP contribution < -0.4 is 10.1 Å². The molecule has 23 heavy (non-hydrogen) atoms. The van der Waals surface area contributed by atoms with Crippen LogP contribution in [0.15, 0.2) is 18.2 Å². The van der Waals surface area contributed by atoms with Gasteiger partial charge >= 0.3 is 0 Å². The zero-order valence-electron chi connectivity index (χ0n) is 13.9. The molecule has 2 N–H and O–H groups in total. The van der Waals surface area contributed by atoms with Crippen molar-refractivity contribution in [3.63, 3.8) is 0 Å². The number of ether oxygens (including phenoxy) is 2. The van der Waals surface area contributed by atoms with E-state index in [1.807, 2.05) is 19.1 Å². The Morgan fingerprint density at radius 2 is 2.17 bits per heavy atom. The lowest BCUT2D eigenvalue weighted by Gasteiger charge is -2.57. The van der Waals surface area contributed by atoms with Crippen molar-refractivity contribution < 1.29 is 14.6 Å². The van der Waals surface area contributed by atoms with Crippen molar-refractivity contribution in [3.05, 3.63) is 23.8 Å². The molecule has 1 heterocycles. The van der Waals surface area contributed by atoms with Crippen LogP contribution in [-0.4, -0.2) is 30.5 Å². The molecule has 0 radical (unpaired) electrons. The van der Waals surface area contributed by atoms with Gasteiger partial charge < -0.3 is 19.9 Å². The van der Waals surface area contributed by atoms with E-state index in [9.17, 15) is 5.11 Å². The molecule has 2 saturated carbocycles. The number of hydrogen-bond acceptors (Lipinski definition) is 4. The Morgan fingerprint density at radius 3 is 2.91 bits per heavy atom. The van der Waals surface area contributed by atoms with Crippen molar-refractivity contribution in [2.75, 3.05) is 18.5 Å². The van der Waals surface area contributed by atoms with Gasteiger partial charge in [-0.25, -0.2) is 0 Å². The number of benzene rings is 1. The highest BCUT2D eigenvalue weighted by Crippen LogP contribution is 2.61. The van der Waals surface area contributed by atoms with E-state index in [-0.39, 0.29) is 6.61 Å². The zero-order valence-corrected chi connectivity index (χ0v) is 13.9. The smallest absolute Gasteiger partial charge is 0.124 e. The van der Waals surface area contributed by atoms with E-state index < -0.39 is 0 Å². The summed E-state index contributed by atoms with van der Waals surface area (Å²) in [7, 11) is 0. The van der Waals surface area contributed by atoms with Crippen LogP contribution in [0.25, 0.3) is 0 Å². The number of fused-ring (bicyclic) bond motifs is 2. The third kappa shape index (κ3) is 2.34. The van der Waals surface area contributed by atoms with Crippen LogP contribution in [0.2, 0.25) is 0 Å². The van der Waals surface area contributed by atoms with Gasteiger partial charge in [0.1, 0.15) is 5.75 Å². The molecule has 3 fully saturated rings. The maximum Gasteiger partial charge on any atom is 0.124 e. The Kier molecular flexibility index (Phi) is 3.98. The van der Waals surface area contributed by atoms with Crippen LogP contribution in [0.3, 0.4) is 0 Å². The highest BCUT2D eigenvalue weighted by Gasteiger charge is 2.64. The molecule has 1 saturated heterocycles. The van der Waals surface area contributed by atoms with Crippen molar-refractivity contribution in [2.24, 2.45) is 11.3 Å². The summed E-state index contributed by atoms with van der Waals surface area (Å²) in [5.41, 5.74) is 2.30. The Bertz CT molecular complexity index is 568. The summed E-state index contributed by atoms with van der Waals surface area (Å²) in [6.45, 7) is 3.51. The molecule has 0 amide bonds. The number of anilines is 1. The summed E-state index contributed by atoms with van der Waals surface area (Å²) in [6.07, 6.45) is 6.88. The second kappa shape index (κ2) is 5.99. The molecule has 3 aliphatic rings. The van der Waals surface area contributed by atoms with E-state index in [1.54, 1.807) is 0 Å². The number of nitrogens with one attached hydrogen (secondary N) is 1. The molecular weight excluding hydrogens is 290 g/mol. The monoisotopic (exact) mass is 317 g/mol. The molecule has 4 heteroatoms. The second-order valence-corrected chi connectivity index (χ2v) is 7.22. The van der Waals surface area contributed by atoms with Crippen LogP contribution in [0.1, 0.15) is 44.6 Å². The Morgan fingerprint density at radius 1 is 1.35 bits per heavy atom.